The lowest BCUT2D eigenvalue weighted by Gasteiger charge is -2.48. The maximum absolute atomic E-state index is 10.2. The highest BCUT2D eigenvalue weighted by molar-refractivity contribution is 4.95. The van der Waals surface area contributed by atoms with Crippen LogP contribution in [0.3, 0.4) is 0 Å². The van der Waals surface area contributed by atoms with Crippen molar-refractivity contribution in [3.8, 4) is 0 Å². The van der Waals surface area contributed by atoms with E-state index in [1.165, 1.54) is 0 Å². The average molecular weight is 477 g/mol. The monoisotopic (exact) mass is 476 g/mol. The molecular formula is C27H56O6. The molecule has 0 unspecified atom stereocenters. The molecule has 0 fully saturated rings. The van der Waals surface area contributed by atoms with Gasteiger partial charge in [0.2, 0.25) is 0 Å². The number of rotatable bonds is 16. The molecule has 0 aliphatic heterocycles. The Kier molecular flexibility index (Phi) is 11.1. The molecule has 0 spiro atoms. The predicted octanol–water partition coefficient (Wildman–Crippen LogP) is 5.25. The Balaban J connectivity index is 5.91. The van der Waals surface area contributed by atoms with Crippen LogP contribution in [0.5, 0.6) is 0 Å². The molecule has 6 heteroatoms. The summed E-state index contributed by atoms with van der Waals surface area (Å²) in [7, 11) is 0. The largest absolute Gasteiger partial charge is 0.388 e. The Morgan fingerprint density at radius 1 is 0.455 bits per heavy atom. The topological polar surface area (TPSA) is 88.4 Å². The quantitative estimate of drug-likeness (QED) is 0.282. The van der Waals surface area contributed by atoms with Gasteiger partial charge in [0.25, 0.3) is 0 Å². The highest BCUT2D eigenvalue weighted by Gasteiger charge is 2.44. The minimum Gasteiger partial charge on any atom is -0.388 e. The summed E-state index contributed by atoms with van der Waals surface area (Å²) < 4.78 is 18.6. The maximum atomic E-state index is 10.2. The molecule has 0 saturated carbocycles. The number of hydrogen-bond donors (Lipinski definition) is 3. The highest BCUT2D eigenvalue weighted by atomic mass is 16.5. The zero-order valence-corrected chi connectivity index (χ0v) is 24.0. The van der Waals surface area contributed by atoms with Crippen LogP contribution in [0.25, 0.3) is 0 Å². The normalized spacial score (nSPS) is 15.3. The molecule has 0 aliphatic carbocycles. The van der Waals surface area contributed by atoms with Crippen molar-refractivity contribution in [3.05, 3.63) is 0 Å². The Morgan fingerprint density at radius 3 is 0.818 bits per heavy atom. The van der Waals surface area contributed by atoms with Crippen molar-refractivity contribution < 1.29 is 29.5 Å². The number of aliphatic hydroxyl groups is 3. The van der Waals surface area contributed by atoms with E-state index in [2.05, 4.69) is 48.5 Å². The molecular weight excluding hydrogens is 420 g/mol. The zero-order chi connectivity index (χ0) is 26.6. The van der Waals surface area contributed by atoms with Gasteiger partial charge in [0.05, 0.1) is 53.4 Å². The van der Waals surface area contributed by atoms with E-state index in [9.17, 15) is 15.3 Å². The molecule has 33 heavy (non-hydrogen) atoms. The summed E-state index contributed by atoms with van der Waals surface area (Å²) in [6.07, 6.45) is 3.12. The second-order valence-electron chi connectivity index (χ2n) is 14.0. The molecule has 0 atom stereocenters. The highest BCUT2D eigenvalue weighted by Crippen LogP contribution is 2.48. The lowest BCUT2D eigenvalue weighted by atomic mass is 9.65. The third kappa shape index (κ3) is 16.1. The number of hydrogen-bond acceptors (Lipinski definition) is 6. The van der Waals surface area contributed by atoms with E-state index in [1.807, 2.05) is 0 Å². The standard InChI is InChI=1S/C27H56O6/c1-14-27(15-24(8,9)31-18-21(2,3)28,16-25(10,11)32-19-22(4,5)29)17-26(12,13)33-20-23(6,7)30/h28-30H,14-20H2,1-13H3. The number of ether oxygens (including phenoxy) is 3. The Morgan fingerprint density at radius 2 is 0.667 bits per heavy atom. The summed E-state index contributed by atoms with van der Waals surface area (Å²) in [5.41, 5.74) is -4.35. The maximum Gasteiger partial charge on any atom is 0.0824 e. The smallest absolute Gasteiger partial charge is 0.0824 e. The van der Waals surface area contributed by atoms with Crippen LogP contribution in [-0.4, -0.2) is 68.7 Å². The van der Waals surface area contributed by atoms with Gasteiger partial charge in [-0.2, -0.15) is 0 Å². The molecule has 6 nitrogen and oxygen atoms in total. The summed E-state index contributed by atoms with van der Waals surface area (Å²) in [4.78, 5) is 0. The second-order valence-corrected chi connectivity index (χ2v) is 14.0. The fraction of sp³-hybridized carbons (Fsp3) is 1.00. The molecule has 0 saturated heterocycles. The first-order valence-corrected chi connectivity index (χ1v) is 12.4. The van der Waals surface area contributed by atoms with Gasteiger partial charge in [0.15, 0.2) is 0 Å². The van der Waals surface area contributed by atoms with Crippen molar-refractivity contribution in [2.24, 2.45) is 5.41 Å². The molecule has 0 heterocycles. The van der Waals surface area contributed by atoms with E-state index in [4.69, 9.17) is 14.2 Å². The molecule has 0 bridgehead atoms. The molecule has 0 rings (SSSR count). The zero-order valence-electron chi connectivity index (χ0n) is 24.0. The van der Waals surface area contributed by atoms with Gasteiger partial charge in [-0.25, -0.2) is 0 Å². The van der Waals surface area contributed by atoms with Gasteiger partial charge in [-0.3, -0.25) is 0 Å². The van der Waals surface area contributed by atoms with Gasteiger partial charge < -0.3 is 29.5 Å². The van der Waals surface area contributed by atoms with Crippen LogP contribution in [0.2, 0.25) is 0 Å². The third-order valence-corrected chi connectivity index (χ3v) is 5.60. The van der Waals surface area contributed by atoms with E-state index in [1.54, 1.807) is 41.5 Å². The first-order chi connectivity index (χ1) is 14.3. The van der Waals surface area contributed by atoms with E-state index in [-0.39, 0.29) is 25.2 Å². The Labute approximate surface area is 204 Å². The SMILES string of the molecule is CCC(CC(C)(C)OCC(C)(C)O)(CC(C)(C)OCC(C)(C)O)CC(C)(C)OCC(C)(C)O. The van der Waals surface area contributed by atoms with Gasteiger partial charge in [0.1, 0.15) is 0 Å². The van der Waals surface area contributed by atoms with E-state index < -0.39 is 33.6 Å². The van der Waals surface area contributed by atoms with Crippen molar-refractivity contribution in [1.29, 1.82) is 0 Å². The lowest BCUT2D eigenvalue weighted by molar-refractivity contribution is -0.155. The molecule has 0 aromatic carbocycles. The average Bonchev–Trinajstić information content (AvgIpc) is 2.54. The first kappa shape index (κ1) is 32.8. The predicted molar refractivity (Wildman–Crippen MR) is 136 cm³/mol. The van der Waals surface area contributed by atoms with E-state index >= 15 is 0 Å². The van der Waals surface area contributed by atoms with Crippen molar-refractivity contribution in [1.82, 2.24) is 0 Å². The Hall–Kier alpha value is -0.240. The summed E-state index contributed by atoms with van der Waals surface area (Å²) in [5, 5.41) is 30.6. The fourth-order valence-electron chi connectivity index (χ4n) is 4.54. The second kappa shape index (κ2) is 11.2. The minimum atomic E-state index is -0.906. The fourth-order valence-corrected chi connectivity index (χ4v) is 4.54. The van der Waals surface area contributed by atoms with E-state index in [0.29, 0.717) is 0 Å². The van der Waals surface area contributed by atoms with Crippen molar-refractivity contribution in [3.63, 3.8) is 0 Å². The molecule has 0 amide bonds. The molecule has 0 aromatic rings. The molecule has 0 aromatic heterocycles. The van der Waals surface area contributed by atoms with Crippen LogP contribution in [0.1, 0.15) is 116 Å². The van der Waals surface area contributed by atoms with Crippen LogP contribution < -0.4 is 0 Å². The first-order valence-electron chi connectivity index (χ1n) is 12.4. The van der Waals surface area contributed by atoms with Gasteiger partial charge in [-0.05, 0) is 108 Å². The molecule has 200 valence electrons. The Bertz CT molecular complexity index is 494. The molecule has 0 aliphatic rings. The van der Waals surface area contributed by atoms with Gasteiger partial charge in [-0.15, -0.1) is 0 Å². The third-order valence-electron chi connectivity index (χ3n) is 5.60. The van der Waals surface area contributed by atoms with Crippen LogP contribution in [0.15, 0.2) is 0 Å². The molecule has 3 N–H and O–H groups in total. The van der Waals surface area contributed by atoms with E-state index in [0.717, 1.165) is 25.7 Å². The van der Waals surface area contributed by atoms with Crippen molar-refractivity contribution in [2.45, 2.75) is 149 Å². The van der Waals surface area contributed by atoms with Gasteiger partial charge >= 0.3 is 0 Å². The van der Waals surface area contributed by atoms with Crippen LogP contribution >= 0.6 is 0 Å². The van der Waals surface area contributed by atoms with Crippen LogP contribution in [-0.2, 0) is 14.2 Å². The van der Waals surface area contributed by atoms with Crippen molar-refractivity contribution >= 4 is 0 Å². The minimum absolute atomic E-state index is 0.199. The summed E-state index contributed by atoms with van der Waals surface area (Å²) >= 11 is 0. The van der Waals surface area contributed by atoms with Crippen LogP contribution in [0.4, 0.5) is 0 Å². The van der Waals surface area contributed by atoms with Crippen LogP contribution in [0, 0.1) is 5.41 Å². The van der Waals surface area contributed by atoms with Gasteiger partial charge in [-0.1, -0.05) is 13.3 Å². The van der Waals surface area contributed by atoms with Crippen molar-refractivity contribution in [2.75, 3.05) is 19.8 Å². The summed E-state index contributed by atoms with van der Waals surface area (Å²) in [6, 6.07) is 0. The summed E-state index contributed by atoms with van der Waals surface area (Å²) in [6.45, 7) is 25.8. The summed E-state index contributed by atoms with van der Waals surface area (Å²) in [5.74, 6) is 0. The lowest BCUT2D eigenvalue weighted by Crippen LogP contribution is -2.47. The molecule has 0 radical (unpaired) electrons. The van der Waals surface area contributed by atoms with Gasteiger partial charge in [0, 0.05) is 0 Å².